The highest BCUT2D eigenvalue weighted by atomic mass is 19.2. The van der Waals surface area contributed by atoms with E-state index in [1.54, 1.807) is 12.1 Å². The zero-order valence-electron chi connectivity index (χ0n) is 16.1. The van der Waals surface area contributed by atoms with Crippen LogP contribution in [0, 0.1) is 11.6 Å². The van der Waals surface area contributed by atoms with Gasteiger partial charge in [-0.1, -0.05) is 6.07 Å². The highest BCUT2D eigenvalue weighted by molar-refractivity contribution is 6.07. The average molecular weight is 410 g/mol. The van der Waals surface area contributed by atoms with E-state index in [0.717, 1.165) is 24.3 Å². The summed E-state index contributed by atoms with van der Waals surface area (Å²) in [4.78, 5) is 35.7. The average Bonchev–Trinajstić information content (AvgIpc) is 3.19. The standard InChI is InChI=1S/C22H16F2N2O4/c1-13(27)6-9-21(28)20-12-19(14-7-8-17(23)18(24)11-14)25-26(20)16-5-3-4-15(10-16)22(29)30-2/h3-12H,1-2H3/b9-6-. The van der Waals surface area contributed by atoms with Gasteiger partial charge in [0.1, 0.15) is 5.69 Å². The molecule has 0 N–H and O–H groups in total. The van der Waals surface area contributed by atoms with E-state index in [2.05, 4.69) is 5.10 Å². The Morgan fingerprint density at radius 3 is 2.43 bits per heavy atom. The quantitative estimate of drug-likeness (QED) is 0.350. The second kappa shape index (κ2) is 8.60. The molecule has 0 unspecified atom stereocenters. The summed E-state index contributed by atoms with van der Waals surface area (Å²) in [6.07, 6.45) is 2.21. The van der Waals surface area contributed by atoms with Gasteiger partial charge in [-0.2, -0.15) is 5.10 Å². The third-order valence-electron chi connectivity index (χ3n) is 4.16. The smallest absolute Gasteiger partial charge is 0.337 e. The predicted octanol–water partition coefficient (Wildman–Crippen LogP) is 3.93. The van der Waals surface area contributed by atoms with E-state index in [0.29, 0.717) is 5.69 Å². The number of methoxy groups -OCH3 is 1. The van der Waals surface area contributed by atoms with Crippen molar-refractivity contribution in [2.45, 2.75) is 6.92 Å². The van der Waals surface area contributed by atoms with Crippen LogP contribution in [-0.2, 0) is 9.53 Å². The number of carbonyl (C=O) groups excluding carboxylic acids is 3. The molecule has 2 aromatic carbocycles. The molecule has 8 heteroatoms. The van der Waals surface area contributed by atoms with Crippen molar-refractivity contribution in [3.8, 4) is 16.9 Å². The number of aromatic nitrogens is 2. The molecule has 3 rings (SSSR count). The summed E-state index contributed by atoms with van der Waals surface area (Å²) in [6.45, 7) is 1.30. The molecule has 0 spiro atoms. The van der Waals surface area contributed by atoms with Crippen LogP contribution in [0.2, 0.25) is 0 Å². The van der Waals surface area contributed by atoms with Gasteiger partial charge in [0.2, 0.25) is 5.78 Å². The summed E-state index contributed by atoms with van der Waals surface area (Å²) in [5.74, 6) is -3.49. The fraction of sp³-hybridized carbons (Fsp3) is 0.0909. The Morgan fingerprint density at radius 1 is 1.00 bits per heavy atom. The molecule has 0 atom stereocenters. The van der Waals surface area contributed by atoms with Crippen LogP contribution in [0.1, 0.15) is 27.8 Å². The van der Waals surface area contributed by atoms with E-state index in [-0.39, 0.29) is 28.3 Å². The van der Waals surface area contributed by atoms with Crippen molar-refractivity contribution in [3.63, 3.8) is 0 Å². The summed E-state index contributed by atoms with van der Waals surface area (Å²) in [5.41, 5.74) is 1.12. The summed E-state index contributed by atoms with van der Waals surface area (Å²) >= 11 is 0. The molecule has 6 nitrogen and oxygen atoms in total. The van der Waals surface area contributed by atoms with Crippen LogP contribution in [0.25, 0.3) is 16.9 Å². The molecule has 0 radical (unpaired) electrons. The number of nitrogens with zero attached hydrogens (tertiary/aromatic N) is 2. The number of rotatable bonds is 6. The Labute approximate surface area is 170 Å². The van der Waals surface area contributed by atoms with Crippen molar-refractivity contribution < 1.29 is 27.9 Å². The van der Waals surface area contributed by atoms with Gasteiger partial charge in [0.05, 0.1) is 24.1 Å². The van der Waals surface area contributed by atoms with Crippen LogP contribution >= 0.6 is 0 Å². The maximum atomic E-state index is 13.7. The molecule has 1 heterocycles. The molecule has 152 valence electrons. The maximum absolute atomic E-state index is 13.7. The molecule has 0 fully saturated rings. The first-order valence-electron chi connectivity index (χ1n) is 8.77. The third kappa shape index (κ3) is 4.38. The molecule has 0 saturated heterocycles. The minimum absolute atomic E-state index is 0.0641. The Hall–Kier alpha value is -3.94. The van der Waals surface area contributed by atoms with Gasteiger partial charge in [0.25, 0.3) is 0 Å². The van der Waals surface area contributed by atoms with Gasteiger partial charge in [0, 0.05) is 5.56 Å². The number of hydrogen-bond donors (Lipinski definition) is 0. The van der Waals surface area contributed by atoms with Crippen LogP contribution in [0.15, 0.2) is 60.7 Å². The van der Waals surface area contributed by atoms with Crippen LogP contribution < -0.4 is 0 Å². The first-order chi connectivity index (χ1) is 14.3. The number of esters is 1. The van der Waals surface area contributed by atoms with Crippen molar-refractivity contribution in [3.05, 3.63) is 83.6 Å². The zero-order valence-corrected chi connectivity index (χ0v) is 16.1. The van der Waals surface area contributed by atoms with Crippen molar-refractivity contribution >= 4 is 17.5 Å². The zero-order chi connectivity index (χ0) is 21.8. The number of carbonyl (C=O) groups is 3. The van der Waals surface area contributed by atoms with E-state index in [1.165, 1.54) is 43.0 Å². The molecular formula is C22H16F2N2O4. The minimum atomic E-state index is -1.06. The molecule has 0 aliphatic rings. The molecule has 3 aromatic rings. The molecule has 30 heavy (non-hydrogen) atoms. The number of halogens is 2. The number of benzene rings is 2. The topological polar surface area (TPSA) is 78.3 Å². The summed E-state index contributed by atoms with van der Waals surface area (Å²) in [6, 6.07) is 10.8. The lowest BCUT2D eigenvalue weighted by Crippen LogP contribution is -2.09. The Balaban J connectivity index is 2.16. The third-order valence-corrected chi connectivity index (χ3v) is 4.16. The fourth-order valence-corrected chi connectivity index (χ4v) is 2.71. The van der Waals surface area contributed by atoms with Gasteiger partial charge >= 0.3 is 5.97 Å². The first-order valence-corrected chi connectivity index (χ1v) is 8.77. The van der Waals surface area contributed by atoms with Gasteiger partial charge in [-0.3, -0.25) is 9.59 Å². The van der Waals surface area contributed by atoms with Gasteiger partial charge in [-0.05, 0) is 61.5 Å². The lowest BCUT2D eigenvalue weighted by molar-refractivity contribution is -0.112. The van der Waals surface area contributed by atoms with Gasteiger partial charge in [-0.25, -0.2) is 18.3 Å². The van der Waals surface area contributed by atoms with Crippen molar-refractivity contribution in [2.75, 3.05) is 7.11 Å². The highest BCUT2D eigenvalue weighted by Gasteiger charge is 2.18. The lowest BCUT2D eigenvalue weighted by Gasteiger charge is -2.07. The summed E-state index contributed by atoms with van der Waals surface area (Å²) in [7, 11) is 1.24. The Morgan fingerprint density at radius 2 is 1.77 bits per heavy atom. The minimum Gasteiger partial charge on any atom is -0.465 e. The lowest BCUT2D eigenvalue weighted by atomic mass is 10.1. The Kier molecular flexibility index (Phi) is 5.96. The van der Waals surface area contributed by atoms with Gasteiger partial charge in [0.15, 0.2) is 17.4 Å². The molecule has 0 bridgehead atoms. The fourth-order valence-electron chi connectivity index (χ4n) is 2.71. The van der Waals surface area contributed by atoms with Crippen molar-refractivity contribution in [2.24, 2.45) is 0 Å². The van der Waals surface area contributed by atoms with Crippen molar-refractivity contribution in [1.82, 2.24) is 9.78 Å². The monoisotopic (exact) mass is 410 g/mol. The second-order valence-corrected chi connectivity index (χ2v) is 6.31. The van der Waals surface area contributed by atoms with Gasteiger partial charge in [-0.15, -0.1) is 0 Å². The second-order valence-electron chi connectivity index (χ2n) is 6.31. The number of ether oxygens (including phenoxy) is 1. The van der Waals surface area contributed by atoms with Gasteiger partial charge < -0.3 is 4.74 Å². The SMILES string of the molecule is COC(=O)c1cccc(-n2nc(-c3ccc(F)c(F)c3)cc2C(=O)/C=C\C(C)=O)c1. The van der Waals surface area contributed by atoms with Crippen LogP contribution in [0.5, 0.6) is 0 Å². The molecular weight excluding hydrogens is 394 g/mol. The normalized spacial score (nSPS) is 10.9. The molecule has 0 saturated carbocycles. The number of ketones is 2. The van der Waals surface area contributed by atoms with Crippen LogP contribution in [-0.4, -0.2) is 34.4 Å². The van der Waals surface area contributed by atoms with Crippen molar-refractivity contribution in [1.29, 1.82) is 0 Å². The molecule has 1 aromatic heterocycles. The predicted molar refractivity (Wildman–Crippen MR) is 104 cm³/mol. The Bertz CT molecular complexity index is 1180. The first kappa shape index (κ1) is 20.8. The largest absolute Gasteiger partial charge is 0.465 e. The maximum Gasteiger partial charge on any atom is 0.337 e. The van der Waals surface area contributed by atoms with Crippen LogP contribution in [0.3, 0.4) is 0 Å². The van der Waals surface area contributed by atoms with Crippen LogP contribution in [0.4, 0.5) is 8.78 Å². The molecule has 0 aliphatic carbocycles. The van der Waals surface area contributed by atoms with E-state index in [1.807, 2.05) is 0 Å². The van der Waals surface area contributed by atoms with E-state index in [4.69, 9.17) is 4.74 Å². The molecule has 0 amide bonds. The number of allylic oxidation sites excluding steroid dienone is 2. The summed E-state index contributed by atoms with van der Waals surface area (Å²) in [5, 5.41) is 4.33. The van der Waals surface area contributed by atoms with E-state index >= 15 is 0 Å². The highest BCUT2D eigenvalue weighted by Crippen LogP contribution is 2.24. The van der Waals surface area contributed by atoms with E-state index in [9.17, 15) is 23.2 Å². The molecule has 0 aliphatic heterocycles. The van der Waals surface area contributed by atoms with E-state index < -0.39 is 23.4 Å². The number of hydrogen-bond acceptors (Lipinski definition) is 5. The summed E-state index contributed by atoms with van der Waals surface area (Å²) < 4.78 is 32.9.